The number of hydrogen-bond acceptors (Lipinski definition) is 5. The highest BCUT2D eigenvalue weighted by atomic mass is 35.5. The van der Waals surface area contributed by atoms with Gasteiger partial charge in [-0.3, -0.25) is 35.9 Å². The maximum atomic E-state index is 12.1. The highest BCUT2D eigenvalue weighted by molar-refractivity contribution is 7.80. The minimum atomic E-state index is -0.709. The predicted octanol–water partition coefficient (Wildman–Crippen LogP) is 2.85. The first kappa shape index (κ1) is 19.6. The molecule has 0 unspecified atom stereocenters. The lowest BCUT2D eigenvalue weighted by Gasteiger charge is -2.11. The Balaban J connectivity index is 1.95. The summed E-state index contributed by atoms with van der Waals surface area (Å²) in [4.78, 5) is 34.1. The highest BCUT2D eigenvalue weighted by Gasteiger charge is 2.17. The van der Waals surface area contributed by atoms with Gasteiger partial charge in [-0.05, 0) is 42.5 Å². The van der Waals surface area contributed by atoms with E-state index in [0.29, 0.717) is 5.02 Å². The van der Waals surface area contributed by atoms with E-state index >= 15 is 0 Å². The zero-order valence-electron chi connectivity index (χ0n) is 12.8. The maximum Gasteiger partial charge on any atom is 0.288 e. The molecule has 0 fully saturated rings. The zero-order valence-corrected chi connectivity index (χ0v) is 15.1. The fraction of sp³-hybridized carbons (Fsp3) is 0. The third kappa shape index (κ3) is 5.12. The van der Waals surface area contributed by atoms with Gasteiger partial charge < -0.3 is 0 Å². The van der Waals surface area contributed by atoms with Crippen LogP contribution < -0.4 is 16.2 Å². The fourth-order valence-electron chi connectivity index (χ4n) is 1.82. The van der Waals surface area contributed by atoms with Crippen molar-refractivity contribution in [3.63, 3.8) is 0 Å². The van der Waals surface area contributed by atoms with E-state index in [1.54, 1.807) is 12.1 Å². The number of benzene rings is 2. The molecule has 2 amide bonds. The average Bonchev–Trinajstić information content (AvgIpc) is 2.59. The second kappa shape index (κ2) is 8.56. The fourth-order valence-corrected chi connectivity index (χ4v) is 2.34. The second-order valence-corrected chi connectivity index (χ2v) is 6.05. The summed E-state index contributed by atoms with van der Waals surface area (Å²) in [5.41, 5.74) is 4.49. The SMILES string of the molecule is O=C(NNC(=S)NC(=O)c1ccc(Cl)c([N+](=O)[O-])c1)c1cccc(Cl)c1. The lowest BCUT2D eigenvalue weighted by Crippen LogP contribution is -2.48. The third-order valence-corrected chi connectivity index (χ3v) is 3.77. The van der Waals surface area contributed by atoms with Crippen LogP contribution in [0.5, 0.6) is 0 Å². The molecule has 0 bridgehead atoms. The van der Waals surface area contributed by atoms with Crippen LogP contribution in [0, 0.1) is 10.1 Å². The molecule has 0 aliphatic rings. The first-order valence-corrected chi connectivity index (χ1v) is 8.05. The van der Waals surface area contributed by atoms with Crippen LogP contribution in [-0.2, 0) is 0 Å². The smallest absolute Gasteiger partial charge is 0.288 e. The lowest BCUT2D eigenvalue weighted by atomic mass is 10.2. The monoisotopic (exact) mass is 412 g/mol. The van der Waals surface area contributed by atoms with Crippen LogP contribution in [0.25, 0.3) is 0 Å². The van der Waals surface area contributed by atoms with E-state index in [9.17, 15) is 19.7 Å². The van der Waals surface area contributed by atoms with E-state index in [4.69, 9.17) is 35.4 Å². The van der Waals surface area contributed by atoms with Crippen LogP contribution in [0.2, 0.25) is 10.0 Å². The molecule has 2 aromatic rings. The topological polar surface area (TPSA) is 113 Å². The molecule has 134 valence electrons. The Labute approximate surface area is 162 Å². The van der Waals surface area contributed by atoms with Crippen molar-refractivity contribution in [2.45, 2.75) is 0 Å². The number of halogens is 2. The Bertz CT molecular complexity index is 907. The van der Waals surface area contributed by atoms with Gasteiger partial charge in [0.25, 0.3) is 17.5 Å². The van der Waals surface area contributed by atoms with Crippen molar-refractivity contribution in [2.24, 2.45) is 0 Å². The van der Waals surface area contributed by atoms with Crippen LogP contribution in [0.3, 0.4) is 0 Å². The lowest BCUT2D eigenvalue weighted by molar-refractivity contribution is -0.384. The number of nitro benzene ring substituents is 1. The Morgan fingerprint density at radius 3 is 2.35 bits per heavy atom. The van der Waals surface area contributed by atoms with Crippen LogP contribution >= 0.6 is 35.4 Å². The van der Waals surface area contributed by atoms with Gasteiger partial charge in [0.05, 0.1) is 4.92 Å². The molecule has 11 heteroatoms. The van der Waals surface area contributed by atoms with Gasteiger partial charge in [0.2, 0.25) is 0 Å². The molecule has 0 aliphatic heterocycles. The number of rotatable bonds is 3. The van der Waals surface area contributed by atoms with E-state index in [1.807, 2.05) is 0 Å². The molecule has 0 radical (unpaired) electrons. The normalized spacial score (nSPS) is 9.92. The molecular weight excluding hydrogens is 403 g/mol. The standard InChI is InChI=1S/C15H10Cl2N4O4S/c16-10-3-1-2-8(6-10)14(23)19-20-15(26)18-13(22)9-4-5-11(17)12(7-9)21(24)25/h1-7H,(H,19,23)(H2,18,20,22,26). The number of carbonyl (C=O) groups excluding carboxylic acids is 2. The van der Waals surface area contributed by atoms with Crippen molar-refractivity contribution in [3.8, 4) is 0 Å². The van der Waals surface area contributed by atoms with Gasteiger partial charge in [0.15, 0.2) is 5.11 Å². The molecule has 0 saturated carbocycles. The number of carbonyl (C=O) groups is 2. The maximum absolute atomic E-state index is 12.1. The van der Waals surface area contributed by atoms with Crippen molar-refractivity contribution in [2.75, 3.05) is 0 Å². The minimum Gasteiger partial charge on any atom is -0.298 e. The Kier molecular flexibility index (Phi) is 6.45. The van der Waals surface area contributed by atoms with Crippen LogP contribution in [0.15, 0.2) is 42.5 Å². The van der Waals surface area contributed by atoms with Crippen molar-refractivity contribution in [1.82, 2.24) is 16.2 Å². The van der Waals surface area contributed by atoms with Crippen molar-refractivity contribution >= 4 is 58.0 Å². The summed E-state index contributed by atoms with van der Waals surface area (Å²) in [5, 5.41) is 13.2. The summed E-state index contributed by atoms with van der Waals surface area (Å²) in [5.74, 6) is -1.23. The average molecular weight is 413 g/mol. The zero-order chi connectivity index (χ0) is 19.3. The Morgan fingerprint density at radius 2 is 1.69 bits per heavy atom. The molecule has 0 spiro atoms. The molecule has 0 heterocycles. The van der Waals surface area contributed by atoms with Gasteiger partial charge in [-0.2, -0.15) is 0 Å². The second-order valence-electron chi connectivity index (χ2n) is 4.80. The first-order chi connectivity index (χ1) is 12.3. The molecule has 0 aromatic heterocycles. The highest BCUT2D eigenvalue weighted by Crippen LogP contribution is 2.24. The predicted molar refractivity (Wildman–Crippen MR) is 100 cm³/mol. The largest absolute Gasteiger partial charge is 0.298 e. The van der Waals surface area contributed by atoms with Gasteiger partial charge in [-0.25, -0.2) is 0 Å². The van der Waals surface area contributed by atoms with Gasteiger partial charge in [-0.15, -0.1) is 0 Å². The van der Waals surface area contributed by atoms with Crippen LogP contribution in [-0.4, -0.2) is 21.9 Å². The number of nitro groups is 1. The quantitative estimate of drug-likeness (QED) is 0.405. The molecule has 26 heavy (non-hydrogen) atoms. The Morgan fingerprint density at radius 1 is 1.00 bits per heavy atom. The van der Waals surface area contributed by atoms with Gasteiger partial charge >= 0.3 is 0 Å². The van der Waals surface area contributed by atoms with Gasteiger partial charge in [0, 0.05) is 22.2 Å². The molecule has 0 aliphatic carbocycles. The van der Waals surface area contributed by atoms with Crippen molar-refractivity contribution in [3.05, 3.63) is 73.8 Å². The minimum absolute atomic E-state index is 0.0218. The number of nitrogens with one attached hydrogen (secondary N) is 3. The number of nitrogens with zero attached hydrogens (tertiary/aromatic N) is 1. The molecule has 2 rings (SSSR count). The van der Waals surface area contributed by atoms with E-state index in [2.05, 4.69) is 16.2 Å². The van der Waals surface area contributed by atoms with E-state index in [1.165, 1.54) is 24.3 Å². The van der Waals surface area contributed by atoms with Crippen molar-refractivity contribution in [1.29, 1.82) is 0 Å². The summed E-state index contributed by atoms with van der Waals surface area (Å²) in [7, 11) is 0. The Hall–Kier alpha value is -2.75. The van der Waals surface area contributed by atoms with E-state index in [0.717, 1.165) is 6.07 Å². The summed E-state index contributed by atoms with van der Waals surface area (Å²) in [6.45, 7) is 0. The van der Waals surface area contributed by atoms with Crippen molar-refractivity contribution < 1.29 is 14.5 Å². The van der Waals surface area contributed by atoms with Crippen LogP contribution in [0.1, 0.15) is 20.7 Å². The summed E-state index contributed by atoms with van der Waals surface area (Å²) >= 11 is 16.4. The number of amides is 2. The van der Waals surface area contributed by atoms with E-state index in [-0.39, 0.29) is 21.3 Å². The molecule has 3 N–H and O–H groups in total. The number of hydrazine groups is 1. The summed E-state index contributed by atoms with van der Waals surface area (Å²) in [6.07, 6.45) is 0. The number of hydrogen-bond donors (Lipinski definition) is 3. The molecular formula is C15H10Cl2N4O4S. The molecule has 0 saturated heterocycles. The molecule has 0 atom stereocenters. The van der Waals surface area contributed by atoms with E-state index < -0.39 is 22.4 Å². The van der Waals surface area contributed by atoms with Gasteiger partial charge in [-0.1, -0.05) is 29.3 Å². The molecule has 8 nitrogen and oxygen atoms in total. The van der Waals surface area contributed by atoms with Crippen LogP contribution in [0.4, 0.5) is 5.69 Å². The van der Waals surface area contributed by atoms with Gasteiger partial charge in [0.1, 0.15) is 5.02 Å². The third-order valence-electron chi connectivity index (χ3n) is 3.01. The summed E-state index contributed by atoms with van der Waals surface area (Å²) in [6, 6.07) is 9.76. The first-order valence-electron chi connectivity index (χ1n) is 6.89. The molecule has 2 aromatic carbocycles. The summed E-state index contributed by atoms with van der Waals surface area (Å²) < 4.78 is 0. The number of thiocarbonyl (C=S) groups is 1.